The third kappa shape index (κ3) is 33.4. The highest BCUT2D eigenvalue weighted by atomic mass is 16.5. The fourth-order valence-electron chi connectivity index (χ4n) is 3.10. The van der Waals surface area contributed by atoms with E-state index in [0.29, 0.717) is 6.61 Å². The molecule has 0 radical (unpaired) electrons. The van der Waals surface area contributed by atoms with E-state index in [2.05, 4.69) is 23.9 Å². The minimum absolute atomic E-state index is 0.211. The number of carbonyl (C=O) groups is 1. The van der Waals surface area contributed by atoms with Crippen molar-refractivity contribution in [1.82, 2.24) is 5.32 Å². The lowest BCUT2D eigenvalue weighted by Gasteiger charge is -2.05. The Bertz CT molecular complexity index is 251. The van der Waals surface area contributed by atoms with Crippen molar-refractivity contribution in [3.63, 3.8) is 0 Å². The van der Waals surface area contributed by atoms with Crippen LogP contribution in [0.25, 0.3) is 0 Å². The minimum Gasteiger partial charge on any atom is -0.466 e. The molecule has 0 atom stereocenters. The quantitative estimate of drug-likeness (QED) is 0.186. The number of esters is 1. The van der Waals surface area contributed by atoms with Crippen LogP contribution in [-0.2, 0) is 9.53 Å². The number of hydrogen-bond acceptors (Lipinski definition) is 3. The molecule has 1 N–H and O–H groups in total. The van der Waals surface area contributed by atoms with Crippen molar-refractivity contribution < 1.29 is 9.53 Å². The lowest BCUT2D eigenvalue weighted by Crippen LogP contribution is -2.16. The molecular weight excluding hydrogens is 334 g/mol. The predicted molar refractivity (Wildman–Crippen MR) is 120 cm³/mol. The summed E-state index contributed by atoms with van der Waals surface area (Å²) in [5.41, 5.74) is 0. The second-order valence-corrected chi connectivity index (χ2v) is 7.62. The first-order valence-corrected chi connectivity index (χ1v) is 12.0. The van der Waals surface area contributed by atoms with Crippen LogP contribution in [0.15, 0.2) is 0 Å². The van der Waals surface area contributed by atoms with E-state index in [-0.39, 0.29) is 5.97 Å². The number of unbranched alkanes of at least 4 members (excludes halogenated alkanes) is 14. The normalized spacial score (nSPS) is 10.4. The molecule has 0 bridgehead atoms. The molecule has 0 amide bonds. The van der Waals surface area contributed by atoms with Crippen molar-refractivity contribution >= 4 is 5.97 Å². The van der Waals surface area contributed by atoms with Gasteiger partial charge >= 0.3 is 5.97 Å². The lowest BCUT2D eigenvalue weighted by atomic mass is 10.1. The van der Waals surface area contributed by atoms with E-state index in [1.165, 1.54) is 123 Å². The Labute approximate surface area is 171 Å². The van der Waals surface area contributed by atoms with Gasteiger partial charge < -0.3 is 10.1 Å². The molecule has 0 saturated carbocycles. The van der Waals surface area contributed by atoms with E-state index < -0.39 is 0 Å². The molecule has 0 aromatic rings. The molecule has 0 aliphatic rings. The Morgan fingerprint density at radius 1 is 0.593 bits per heavy atom. The first kappa shape index (κ1) is 28.6. The van der Waals surface area contributed by atoms with Crippen LogP contribution in [0.4, 0.5) is 0 Å². The summed E-state index contributed by atoms with van der Waals surface area (Å²) in [4.78, 5) is 9.82. The van der Waals surface area contributed by atoms with Crippen molar-refractivity contribution in [1.29, 1.82) is 0 Å². The van der Waals surface area contributed by atoms with Crippen LogP contribution >= 0.6 is 0 Å². The summed E-state index contributed by atoms with van der Waals surface area (Å²) in [6.07, 6.45) is 22.8. The van der Waals surface area contributed by atoms with Gasteiger partial charge in [0.2, 0.25) is 0 Å². The predicted octanol–water partition coefficient (Wildman–Crippen LogP) is 7.43. The first-order chi connectivity index (χ1) is 13.2. The average Bonchev–Trinajstić information content (AvgIpc) is 2.65. The minimum atomic E-state index is -0.211. The second kappa shape index (κ2) is 27.6. The van der Waals surface area contributed by atoms with E-state index in [9.17, 15) is 4.79 Å². The lowest BCUT2D eigenvalue weighted by molar-refractivity contribution is -0.140. The van der Waals surface area contributed by atoms with Crippen LogP contribution in [-0.4, -0.2) is 25.7 Å². The van der Waals surface area contributed by atoms with E-state index in [1.807, 2.05) is 0 Å². The van der Waals surface area contributed by atoms with Crippen molar-refractivity contribution in [3.05, 3.63) is 0 Å². The van der Waals surface area contributed by atoms with E-state index in [0.717, 1.165) is 0 Å². The SMILES string of the molecule is CCCCCCCCCCNCCCCCCCCCC.CCOC(C)=O. The highest BCUT2D eigenvalue weighted by Gasteiger charge is 1.93. The van der Waals surface area contributed by atoms with Crippen molar-refractivity contribution in [2.45, 2.75) is 130 Å². The van der Waals surface area contributed by atoms with Gasteiger partial charge in [-0.15, -0.1) is 0 Å². The van der Waals surface area contributed by atoms with Crippen LogP contribution in [0.5, 0.6) is 0 Å². The molecular formula is C24H51NO2. The summed E-state index contributed by atoms with van der Waals surface area (Å²) in [6, 6.07) is 0. The van der Waals surface area contributed by atoms with Gasteiger partial charge in [-0.25, -0.2) is 0 Å². The van der Waals surface area contributed by atoms with Crippen LogP contribution in [0, 0.1) is 0 Å². The molecule has 164 valence electrons. The Morgan fingerprint density at radius 2 is 0.926 bits per heavy atom. The maximum Gasteiger partial charge on any atom is 0.302 e. The number of nitrogens with one attached hydrogen (secondary N) is 1. The topological polar surface area (TPSA) is 38.3 Å². The van der Waals surface area contributed by atoms with E-state index >= 15 is 0 Å². The van der Waals surface area contributed by atoms with Crippen LogP contribution < -0.4 is 5.32 Å². The molecule has 27 heavy (non-hydrogen) atoms. The Balaban J connectivity index is 0. The number of rotatable bonds is 19. The molecule has 0 aromatic heterocycles. The third-order valence-electron chi connectivity index (χ3n) is 4.76. The molecule has 0 heterocycles. The molecule has 3 nitrogen and oxygen atoms in total. The molecule has 0 saturated heterocycles. The highest BCUT2D eigenvalue weighted by molar-refractivity contribution is 5.65. The zero-order valence-corrected chi connectivity index (χ0v) is 19.3. The molecule has 0 spiro atoms. The maximum atomic E-state index is 9.82. The largest absolute Gasteiger partial charge is 0.466 e. The Morgan fingerprint density at radius 3 is 1.19 bits per heavy atom. The summed E-state index contributed by atoms with van der Waals surface area (Å²) in [6.45, 7) is 10.7. The average molecular weight is 386 g/mol. The summed E-state index contributed by atoms with van der Waals surface area (Å²) < 4.78 is 4.40. The fraction of sp³-hybridized carbons (Fsp3) is 0.958. The molecule has 0 aliphatic carbocycles. The molecule has 0 aliphatic heterocycles. The molecule has 0 aromatic carbocycles. The zero-order chi connectivity index (χ0) is 20.4. The molecule has 0 fully saturated rings. The smallest absolute Gasteiger partial charge is 0.302 e. The zero-order valence-electron chi connectivity index (χ0n) is 19.3. The second-order valence-electron chi connectivity index (χ2n) is 7.62. The van der Waals surface area contributed by atoms with Gasteiger partial charge in [0.25, 0.3) is 0 Å². The van der Waals surface area contributed by atoms with Crippen molar-refractivity contribution in [2.24, 2.45) is 0 Å². The molecule has 0 rings (SSSR count). The third-order valence-corrected chi connectivity index (χ3v) is 4.76. The van der Waals surface area contributed by atoms with Gasteiger partial charge in [0.15, 0.2) is 0 Å². The number of hydrogen-bond donors (Lipinski definition) is 1. The van der Waals surface area contributed by atoms with Gasteiger partial charge in [0.1, 0.15) is 0 Å². The van der Waals surface area contributed by atoms with Crippen LogP contribution in [0.1, 0.15) is 130 Å². The van der Waals surface area contributed by atoms with E-state index in [4.69, 9.17) is 0 Å². The van der Waals surface area contributed by atoms with Gasteiger partial charge in [-0.2, -0.15) is 0 Å². The van der Waals surface area contributed by atoms with Gasteiger partial charge in [-0.1, -0.05) is 104 Å². The van der Waals surface area contributed by atoms with Gasteiger partial charge in [-0.3, -0.25) is 4.79 Å². The number of carbonyl (C=O) groups excluding carboxylic acids is 1. The van der Waals surface area contributed by atoms with Crippen LogP contribution in [0.2, 0.25) is 0 Å². The first-order valence-electron chi connectivity index (χ1n) is 12.0. The highest BCUT2D eigenvalue weighted by Crippen LogP contribution is 2.09. The van der Waals surface area contributed by atoms with Crippen molar-refractivity contribution in [3.8, 4) is 0 Å². The maximum absolute atomic E-state index is 9.82. The monoisotopic (exact) mass is 385 g/mol. The summed E-state index contributed by atoms with van der Waals surface area (Å²) in [5.74, 6) is -0.211. The summed E-state index contributed by atoms with van der Waals surface area (Å²) >= 11 is 0. The van der Waals surface area contributed by atoms with Crippen molar-refractivity contribution in [2.75, 3.05) is 19.7 Å². The van der Waals surface area contributed by atoms with E-state index in [1.54, 1.807) is 6.92 Å². The Kier molecular flexibility index (Phi) is 29.3. The van der Waals surface area contributed by atoms with Gasteiger partial charge in [-0.05, 0) is 32.9 Å². The summed E-state index contributed by atoms with van der Waals surface area (Å²) in [5, 5.41) is 3.61. The summed E-state index contributed by atoms with van der Waals surface area (Å²) in [7, 11) is 0. The van der Waals surface area contributed by atoms with Gasteiger partial charge in [0.05, 0.1) is 6.61 Å². The van der Waals surface area contributed by atoms with Gasteiger partial charge in [0, 0.05) is 6.92 Å². The fourth-order valence-corrected chi connectivity index (χ4v) is 3.10. The standard InChI is InChI=1S/C20H43N.C4H8O2/c1-3-5-7-9-11-13-15-17-19-21-20-18-16-14-12-10-8-6-4-2;1-3-6-4(2)5/h21H,3-20H2,1-2H3;3H2,1-2H3. The Hall–Kier alpha value is -0.570. The van der Waals surface area contributed by atoms with Crippen LogP contribution in [0.3, 0.4) is 0 Å². The molecule has 3 heteroatoms. The number of ether oxygens (including phenoxy) is 1. The molecule has 0 unspecified atom stereocenters.